The molecular formula is C16H23Cl2N3O2S. The van der Waals surface area contributed by atoms with Crippen LogP contribution in [0.2, 0.25) is 0 Å². The van der Waals surface area contributed by atoms with Gasteiger partial charge in [0.1, 0.15) is 10.6 Å². The molecule has 0 saturated carbocycles. The molecule has 2 atom stereocenters. The van der Waals surface area contributed by atoms with Crippen LogP contribution in [0.25, 0.3) is 10.8 Å². The van der Waals surface area contributed by atoms with E-state index >= 15 is 0 Å². The van der Waals surface area contributed by atoms with E-state index in [1.165, 1.54) is 11.3 Å². The summed E-state index contributed by atoms with van der Waals surface area (Å²) in [5.74, 6) is 1.53. The summed E-state index contributed by atoms with van der Waals surface area (Å²) in [5.41, 5.74) is 0.753. The van der Waals surface area contributed by atoms with Crippen LogP contribution in [0, 0.1) is 13.8 Å². The molecule has 1 fully saturated rings. The maximum absolute atomic E-state index is 12.5. The van der Waals surface area contributed by atoms with E-state index in [1.54, 1.807) is 0 Å². The number of hydrogen-bond donors (Lipinski definition) is 2. The standard InChI is InChI=1S/C16H21N3O2S.2ClH/c1-9-6-7-13(21-9)16-18-11(3)14(22-16)15(20)19-12-5-4-8-17-10(12)2;;/h6-7,10,12,17H,4-5,8H2,1-3H3,(H,19,20);2*1H. The van der Waals surface area contributed by atoms with Crippen LogP contribution in [0.5, 0.6) is 0 Å². The summed E-state index contributed by atoms with van der Waals surface area (Å²) in [7, 11) is 0. The number of aromatic nitrogens is 1. The summed E-state index contributed by atoms with van der Waals surface area (Å²) < 4.78 is 5.59. The first-order chi connectivity index (χ1) is 10.5. The van der Waals surface area contributed by atoms with Crippen LogP contribution in [0.1, 0.15) is 40.9 Å². The minimum absolute atomic E-state index is 0. The Morgan fingerprint density at radius 1 is 1.38 bits per heavy atom. The summed E-state index contributed by atoms with van der Waals surface area (Å²) in [6, 6.07) is 4.28. The van der Waals surface area contributed by atoms with Crippen molar-refractivity contribution in [1.82, 2.24) is 15.6 Å². The molecule has 0 spiro atoms. The Morgan fingerprint density at radius 3 is 2.75 bits per heavy atom. The largest absolute Gasteiger partial charge is 0.459 e. The molecule has 8 heteroatoms. The van der Waals surface area contributed by atoms with E-state index in [-0.39, 0.29) is 36.8 Å². The lowest BCUT2D eigenvalue weighted by atomic mass is 10.00. The van der Waals surface area contributed by atoms with Crippen LogP contribution in [0.4, 0.5) is 0 Å². The highest BCUT2D eigenvalue weighted by Crippen LogP contribution is 2.29. The zero-order chi connectivity index (χ0) is 15.7. The number of carbonyl (C=O) groups excluding carboxylic acids is 1. The molecule has 0 radical (unpaired) electrons. The molecule has 0 aliphatic carbocycles. The summed E-state index contributed by atoms with van der Waals surface area (Å²) >= 11 is 1.39. The monoisotopic (exact) mass is 391 g/mol. The van der Waals surface area contributed by atoms with Crippen molar-refractivity contribution in [3.63, 3.8) is 0 Å². The van der Waals surface area contributed by atoms with Gasteiger partial charge in [0, 0.05) is 12.1 Å². The third-order valence-electron chi connectivity index (χ3n) is 4.03. The Kier molecular flexibility index (Phi) is 7.73. The molecule has 0 aromatic carbocycles. The SMILES string of the molecule is Cc1ccc(-c2nc(C)c(C(=O)NC3CCCNC3C)s2)o1.Cl.Cl. The number of nitrogens with zero attached hydrogens (tertiary/aromatic N) is 1. The number of carbonyl (C=O) groups is 1. The maximum atomic E-state index is 12.5. The Balaban J connectivity index is 0.00000144. The van der Waals surface area contributed by atoms with E-state index < -0.39 is 0 Å². The van der Waals surface area contributed by atoms with E-state index in [9.17, 15) is 4.79 Å². The van der Waals surface area contributed by atoms with Crippen LogP contribution in [0.15, 0.2) is 16.5 Å². The van der Waals surface area contributed by atoms with Gasteiger partial charge in [-0.05, 0) is 52.3 Å². The molecule has 24 heavy (non-hydrogen) atoms. The molecule has 1 aliphatic heterocycles. The predicted octanol–water partition coefficient (Wildman–Crippen LogP) is 3.73. The number of furan rings is 1. The van der Waals surface area contributed by atoms with Crippen LogP contribution in [-0.2, 0) is 0 Å². The van der Waals surface area contributed by atoms with E-state index in [0.717, 1.165) is 41.6 Å². The summed E-state index contributed by atoms with van der Waals surface area (Å²) in [5, 5.41) is 7.28. The zero-order valence-electron chi connectivity index (χ0n) is 13.9. The zero-order valence-corrected chi connectivity index (χ0v) is 16.4. The normalized spacial score (nSPS) is 20.0. The fourth-order valence-electron chi connectivity index (χ4n) is 2.74. The lowest BCUT2D eigenvalue weighted by Crippen LogP contribution is -2.51. The number of nitrogens with one attached hydrogen (secondary N) is 2. The first-order valence-electron chi connectivity index (χ1n) is 7.63. The summed E-state index contributed by atoms with van der Waals surface area (Å²) in [6.45, 7) is 6.90. The highest BCUT2D eigenvalue weighted by molar-refractivity contribution is 7.17. The van der Waals surface area contributed by atoms with E-state index in [1.807, 2.05) is 26.0 Å². The van der Waals surface area contributed by atoms with Gasteiger partial charge in [-0.3, -0.25) is 4.79 Å². The van der Waals surface area contributed by atoms with Gasteiger partial charge >= 0.3 is 0 Å². The highest BCUT2D eigenvalue weighted by atomic mass is 35.5. The molecule has 3 rings (SSSR count). The van der Waals surface area contributed by atoms with Gasteiger partial charge in [0.15, 0.2) is 10.8 Å². The Hall–Kier alpha value is -1.08. The van der Waals surface area contributed by atoms with Gasteiger partial charge < -0.3 is 15.1 Å². The Labute approximate surface area is 158 Å². The van der Waals surface area contributed by atoms with Crippen LogP contribution in [-0.4, -0.2) is 29.5 Å². The topological polar surface area (TPSA) is 67.2 Å². The number of aryl methyl sites for hydroxylation is 2. The molecule has 1 amide bonds. The minimum atomic E-state index is -0.0370. The molecule has 0 bridgehead atoms. The van der Waals surface area contributed by atoms with Gasteiger partial charge in [-0.1, -0.05) is 0 Å². The van der Waals surface area contributed by atoms with E-state index in [4.69, 9.17) is 4.42 Å². The van der Waals surface area contributed by atoms with Gasteiger partial charge in [-0.25, -0.2) is 4.98 Å². The highest BCUT2D eigenvalue weighted by Gasteiger charge is 2.25. The molecule has 2 N–H and O–H groups in total. The Morgan fingerprint density at radius 2 is 2.12 bits per heavy atom. The van der Waals surface area contributed by atoms with Gasteiger partial charge in [-0.2, -0.15) is 0 Å². The second-order valence-electron chi connectivity index (χ2n) is 5.81. The fourth-order valence-corrected chi connectivity index (χ4v) is 3.67. The maximum Gasteiger partial charge on any atom is 0.263 e. The number of amides is 1. The van der Waals surface area contributed by atoms with Crippen molar-refractivity contribution in [3.05, 3.63) is 28.5 Å². The van der Waals surface area contributed by atoms with Crippen LogP contribution in [0.3, 0.4) is 0 Å². The van der Waals surface area contributed by atoms with Crippen molar-refractivity contribution in [2.24, 2.45) is 0 Å². The number of hydrogen-bond acceptors (Lipinski definition) is 5. The van der Waals surface area contributed by atoms with Crippen molar-refractivity contribution in [3.8, 4) is 10.8 Å². The average molecular weight is 392 g/mol. The number of piperidine rings is 1. The molecule has 134 valence electrons. The van der Waals surface area contributed by atoms with Gasteiger partial charge in [0.05, 0.1) is 5.69 Å². The van der Waals surface area contributed by atoms with Gasteiger partial charge in [-0.15, -0.1) is 36.2 Å². The number of rotatable bonds is 3. The minimum Gasteiger partial charge on any atom is -0.459 e. The van der Waals surface area contributed by atoms with E-state index in [0.29, 0.717) is 10.9 Å². The second-order valence-corrected chi connectivity index (χ2v) is 6.81. The van der Waals surface area contributed by atoms with E-state index in [2.05, 4.69) is 22.5 Å². The molecule has 1 aliphatic rings. The first-order valence-corrected chi connectivity index (χ1v) is 8.44. The number of thiazole rings is 1. The third-order valence-corrected chi connectivity index (χ3v) is 5.20. The Bertz CT molecular complexity index is 687. The van der Waals surface area contributed by atoms with Gasteiger partial charge in [0.25, 0.3) is 5.91 Å². The fraction of sp³-hybridized carbons (Fsp3) is 0.500. The second kappa shape index (κ2) is 8.85. The molecule has 2 aromatic rings. The average Bonchev–Trinajstić information content (AvgIpc) is 3.07. The quantitative estimate of drug-likeness (QED) is 0.835. The molecule has 2 aromatic heterocycles. The van der Waals surface area contributed by atoms with Crippen molar-refractivity contribution in [1.29, 1.82) is 0 Å². The summed E-state index contributed by atoms with van der Waals surface area (Å²) in [6.07, 6.45) is 2.11. The van der Waals surface area contributed by atoms with Crippen LogP contribution >= 0.6 is 36.2 Å². The van der Waals surface area contributed by atoms with Crippen molar-refractivity contribution >= 4 is 42.1 Å². The summed E-state index contributed by atoms with van der Waals surface area (Å²) in [4.78, 5) is 17.7. The van der Waals surface area contributed by atoms with Crippen molar-refractivity contribution in [2.75, 3.05) is 6.54 Å². The third kappa shape index (κ3) is 4.51. The predicted molar refractivity (Wildman–Crippen MR) is 102 cm³/mol. The molecule has 1 saturated heterocycles. The first kappa shape index (κ1) is 21.0. The molecule has 5 nitrogen and oxygen atoms in total. The number of halogens is 2. The molecule has 2 unspecified atom stereocenters. The molecule has 3 heterocycles. The van der Waals surface area contributed by atoms with Gasteiger partial charge in [0.2, 0.25) is 0 Å². The smallest absolute Gasteiger partial charge is 0.263 e. The lowest BCUT2D eigenvalue weighted by molar-refractivity contribution is 0.0923. The molecular weight excluding hydrogens is 369 g/mol. The van der Waals surface area contributed by atoms with Crippen LogP contribution < -0.4 is 10.6 Å². The lowest BCUT2D eigenvalue weighted by Gasteiger charge is -2.30. The van der Waals surface area contributed by atoms with Crippen molar-refractivity contribution in [2.45, 2.75) is 45.7 Å². The van der Waals surface area contributed by atoms with Crippen molar-refractivity contribution < 1.29 is 9.21 Å².